The Kier molecular flexibility index (Phi) is 6.50. The van der Waals surface area contributed by atoms with Gasteiger partial charge in [-0.25, -0.2) is 8.78 Å². The van der Waals surface area contributed by atoms with E-state index in [4.69, 9.17) is 14.2 Å². The molecule has 3 aromatic carbocycles. The largest absolute Gasteiger partial charge is 0.487 e. The Hall–Kier alpha value is -4.94. The van der Waals surface area contributed by atoms with Crippen molar-refractivity contribution in [2.45, 2.75) is 31.6 Å². The fourth-order valence-corrected chi connectivity index (χ4v) is 6.81. The number of carbonyl (C=O) groups excluding carboxylic acids is 1. The molecule has 3 atom stereocenters. The van der Waals surface area contributed by atoms with Crippen molar-refractivity contribution >= 4 is 11.6 Å². The fourth-order valence-electron chi connectivity index (χ4n) is 6.81. The van der Waals surface area contributed by atoms with Gasteiger partial charge in [0.1, 0.15) is 31.2 Å². The number of nitrogens with zero attached hydrogens (tertiary/aromatic N) is 4. The highest BCUT2D eigenvalue weighted by Gasteiger charge is 2.48. The lowest BCUT2D eigenvalue weighted by atomic mass is 9.92. The average molecular weight is 615 g/mol. The van der Waals surface area contributed by atoms with Crippen LogP contribution >= 0.6 is 0 Å². The summed E-state index contributed by atoms with van der Waals surface area (Å²) in [4.78, 5) is 30.7. The molecule has 1 amide bonds. The lowest BCUT2D eigenvalue weighted by molar-refractivity contribution is -0.0198. The molecular weight excluding hydrogens is 586 g/mol. The number of hydrogen-bond donors (Lipinski definition) is 1. The first-order valence-electron chi connectivity index (χ1n) is 14.7. The number of fused-ring (bicyclic) bond motifs is 3. The summed E-state index contributed by atoms with van der Waals surface area (Å²) >= 11 is 0. The molecular formula is C33H28F2N4O6. The summed E-state index contributed by atoms with van der Waals surface area (Å²) in [7, 11) is 0. The van der Waals surface area contributed by atoms with E-state index in [0.717, 1.165) is 11.6 Å². The van der Waals surface area contributed by atoms with Crippen molar-refractivity contribution in [3.8, 4) is 11.5 Å². The molecule has 2 unspecified atom stereocenters. The molecule has 12 heteroatoms. The number of rotatable bonds is 4. The minimum atomic E-state index is -1.12. The van der Waals surface area contributed by atoms with Crippen LogP contribution in [0, 0.1) is 11.6 Å². The third-order valence-electron chi connectivity index (χ3n) is 8.86. The number of benzene rings is 3. The number of anilines is 1. The van der Waals surface area contributed by atoms with Gasteiger partial charge in [-0.05, 0) is 23.3 Å². The molecule has 4 aromatic rings. The van der Waals surface area contributed by atoms with E-state index in [1.165, 1.54) is 18.3 Å². The smallest absolute Gasteiger partial charge is 0.278 e. The van der Waals surface area contributed by atoms with Crippen LogP contribution in [0.25, 0.3) is 0 Å². The number of aliphatic hydroxyl groups is 1. The summed E-state index contributed by atoms with van der Waals surface area (Å²) in [5.41, 5.74) is 2.02. The Morgan fingerprint density at radius 2 is 1.78 bits per heavy atom. The van der Waals surface area contributed by atoms with Gasteiger partial charge in [-0.3, -0.25) is 19.3 Å². The highest BCUT2D eigenvalue weighted by Crippen LogP contribution is 2.49. The predicted molar refractivity (Wildman–Crippen MR) is 158 cm³/mol. The average Bonchev–Trinajstić information content (AvgIpc) is 3.21. The minimum absolute atomic E-state index is 0.0166. The Labute approximate surface area is 256 Å². The molecule has 1 aromatic heterocycles. The Morgan fingerprint density at radius 3 is 2.62 bits per heavy atom. The number of aromatic nitrogens is 1. The van der Waals surface area contributed by atoms with Crippen LogP contribution in [-0.2, 0) is 17.9 Å². The third kappa shape index (κ3) is 4.27. The number of hydrogen-bond acceptors (Lipinski definition) is 8. The van der Waals surface area contributed by atoms with Crippen LogP contribution in [0.1, 0.15) is 38.8 Å². The van der Waals surface area contributed by atoms with Crippen molar-refractivity contribution in [3.05, 3.63) is 123 Å². The van der Waals surface area contributed by atoms with E-state index in [1.54, 1.807) is 26.6 Å². The van der Waals surface area contributed by atoms with E-state index in [9.17, 15) is 19.1 Å². The zero-order valence-electron chi connectivity index (χ0n) is 23.9. The normalized spacial score (nSPS) is 21.6. The summed E-state index contributed by atoms with van der Waals surface area (Å²) in [6.07, 6.45) is -0.308. The van der Waals surface area contributed by atoms with Crippen LogP contribution in [0.4, 0.5) is 14.5 Å². The Morgan fingerprint density at radius 1 is 0.933 bits per heavy atom. The minimum Gasteiger partial charge on any atom is -0.487 e. The number of para-hydroxylation sites is 1. The van der Waals surface area contributed by atoms with Crippen LogP contribution in [0.15, 0.2) is 77.7 Å². The van der Waals surface area contributed by atoms with Crippen molar-refractivity contribution in [1.29, 1.82) is 0 Å². The molecule has 5 heterocycles. The van der Waals surface area contributed by atoms with Crippen LogP contribution in [0.5, 0.6) is 11.5 Å². The number of morpholine rings is 1. The molecule has 1 N–H and O–H groups in total. The van der Waals surface area contributed by atoms with Gasteiger partial charge >= 0.3 is 0 Å². The van der Waals surface area contributed by atoms with Gasteiger partial charge in [0, 0.05) is 36.5 Å². The monoisotopic (exact) mass is 614 g/mol. The second-order valence-corrected chi connectivity index (χ2v) is 11.4. The molecule has 0 aliphatic carbocycles. The second-order valence-electron chi connectivity index (χ2n) is 11.4. The van der Waals surface area contributed by atoms with Crippen LogP contribution < -0.4 is 24.8 Å². The predicted octanol–water partition coefficient (Wildman–Crippen LogP) is 3.28. The second kappa shape index (κ2) is 10.6. The van der Waals surface area contributed by atoms with Gasteiger partial charge in [-0.2, -0.15) is 0 Å². The molecule has 1 saturated heterocycles. The standard InChI is InChI=1S/C33H28F2N4O6/c34-23-10-9-20-22(28(23)35)15-37-27(41)18-44-25-8-4-7-21(30(25)37)29(20)39-26-17-43-14-13-36(26)33(42)31-32(24(40)11-12-38(31)39)45-16-19-5-2-1-3-6-19/h1-12,26-27,29,41H,13-18H2/t26-,27?,29?/m1/s1. The van der Waals surface area contributed by atoms with E-state index in [-0.39, 0.29) is 56.5 Å². The third-order valence-corrected chi connectivity index (χ3v) is 8.86. The van der Waals surface area contributed by atoms with Crippen LogP contribution in [0.2, 0.25) is 0 Å². The van der Waals surface area contributed by atoms with Gasteiger partial charge in [0.2, 0.25) is 5.43 Å². The highest BCUT2D eigenvalue weighted by atomic mass is 19.2. The van der Waals surface area contributed by atoms with Crippen molar-refractivity contribution < 1.29 is 32.9 Å². The maximum absolute atomic E-state index is 15.8. The topological polar surface area (TPSA) is 96.7 Å². The zero-order chi connectivity index (χ0) is 30.8. The first-order chi connectivity index (χ1) is 21.9. The quantitative estimate of drug-likeness (QED) is 0.375. The first-order valence-corrected chi connectivity index (χ1v) is 14.7. The molecule has 4 aliphatic rings. The SMILES string of the molecule is O=C1c2c(OCc3ccccc3)c(=O)ccn2N(C2c3ccc(F)c(F)c3CN3c4c(cccc42)OCC3O)[C@@H]2COCCN12. The van der Waals surface area contributed by atoms with Crippen LogP contribution in [0.3, 0.4) is 0 Å². The number of aliphatic hydroxyl groups excluding tert-OH is 1. The molecule has 4 aliphatic heterocycles. The first kappa shape index (κ1) is 27.6. The molecule has 45 heavy (non-hydrogen) atoms. The van der Waals surface area contributed by atoms with E-state index >= 15 is 4.39 Å². The lowest BCUT2D eigenvalue weighted by Gasteiger charge is -2.51. The number of amides is 1. The van der Waals surface area contributed by atoms with Crippen molar-refractivity contribution in [2.24, 2.45) is 0 Å². The van der Waals surface area contributed by atoms with Gasteiger partial charge in [-0.15, -0.1) is 0 Å². The van der Waals surface area contributed by atoms with Crippen molar-refractivity contribution in [1.82, 2.24) is 9.58 Å². The fraction of sp³-hybridized carbons (Fsp3) is 0.273. The number of carbonyl (C=O) groups is 1. The molecule has 0 bridgehead atoms. The number of pyridine rings is 1. The van der Waals surface area contributed by atoms with Crippen molar-refractivity contribution in [2.75, 3.05) is 36.3 Å². The molecule has 0 radical (unpaired) electrons. The molecule has 10 nitrogen and oxygen atoms in total. The zero-order valence-corrected chi connectivity index (χ0v) is 23.9. The van der Waals surface area contributed by atoms with Gasteiger partial charge < -0.3 is 29.1 Å². The lowest BCUT2D eigenvalue weighted by Crippen LogP contribution is -2.66. The van der Waals surface area contributed by atoms with E-state index < -0.39 is 41.4 Å². The van der Waals surface area contributed by atoms with Gasteiger partial charge in [0.15, 0.2) is 29.3 Å². The Balaban J connectivity index is 1.38. The number of halogens is 2. The summed E-state index contributed by atoms with van der Waals surface area (Å²) in [5, 5.41) is 12.9. The van der Waals surface area contributed by atoms with E-state index in [1.807, 2.05) is 41.4 Å². The molecule has 8 rings (SSSR count). The van der Waals surface area contributed by atoms with Gasteiger partial charge in [0.25, 0.3) is 5.91 Å². The summed E-state index contributed by atoms with van der Waals surface area (Å²) in [5.74, 6) is -2.08. The highest BCUT2D eigenvalue weighted by molar-refractivity contribution is 5.96. The maximum Gasteiger partial charge on any atom is 0.278 e. The van der Waals surface area contributed by atoms with Gasteiger partial charge in [0.05, 0.1) is 18.9 Å². The Bertz CT molecular complexity index is 1890. The summed E-state index contributed by atoms with van der Waals surface area (Å²) < 4.78 is 50.0. The maximum atomic E-state index is 15.8. The molecule has 0 saturated carbocycles. The van der Waals surface area contributed by atoms with Crippen molar-refractivity contribution in [3.63, 3.8) is 0 Å². The molecule has 230 valence electrons. The molecule has 0 spiro atoms. The summed E-state index contributed by atoms with van der Waals surface area (Å²) in [6, 6.07) is 17.8. The van der Waals surface area contributed by atoms with E-state index in [2.05, 4.69) is 0 Å². The van der Waals surface area contributed by atoms with Crippen LogP contribution in [-0.4, -0.2) is 59.3 Å². The summed E-state index contributed by atoms with van der Waals surface area (Å²) in [6.45, 7) is 0.513. The van der Waals surface area contributed by atoms with E-state index in [0.29, 0.717) is 22.6 Å². The van der Waals surface area contributed by atoms with Gasteiger partial charge in [-0.1, -0.05) is 48.5 Å². The number of ether oxygens (including phenoxy) is 3. The molecule has 1 fully saturated rings.